The molecule has 0 aliphatic heterocycles. The quantitative estimate of drug-likeness (QED) is 0.710. The van der Waals surface area contributed by atoms with E-state index in [9.17, 15) is 9.59 Å². The molecule has 146 valence electrons. The zero-order valence-corrected chi connectivity index (χ0v) is 17.3. The number of nitrogens with zero attached hydrogens (tertiary/aromatic N) is 3. The maximum absolute atomic E-state index is 12.4. The Bertz CT molecular complexity index is 1090. The van der Waals surface area contributed by atoms with Gasteiger partial charge in [0.25, 0.3) is 11.5 Å². The molecule has 8 heteroatoms. The van der Waals surface area contributed by atoms with Crippen molar-refractivity contribution in [2.45, 2.75) is 33.8 Å². The van der Waals surface area contributed by atoms with E-state index < -0.39 is 5.91 Å². The molecule has 1 N–H and O–H groups in total. The summed E-state index contributed by atoms with van der Waals surface area (Å²) < 4.78 is 7.44. The lowest BCUT2D eigenvalue weighted by Crippen LogP contribution is -2.28. The average Bonchev–Trinajstić information content (AvgIpc) is 3.12. The molecule has 0 aliphatic carbocycles. The molecule has 0 aliphatic rings. The molecule has 0 unspecified atom stereocenters. The molecular weight excluding hydrogens is 376 g/mol. The first-order valence-corrected chi connectivity index (χ1v) is 9.64. The van der Waals surface area contributed by atoms with Crippen molar-refractivity contribution in [2.75, 3.05) is 5.32 Å². The van der Waals surface area contributed by atoms with Gasteiger partial charge in [0, 0.05) is 12.7 Å². The predicted octanol–water partition coefficient (Wildman–Crippen LogP) is 3.55. The molecule has 1 atom stereocenters. The van der Waals surface area contributed by atoms with Gasteiger partial charge in [-0.3, -0.25) is 14.9 Å². The van der Waals surface area contributed by atoms with Gasteiger partial charge in [-0.05, 0) is 57.0 Å². The van der Waals surface area contributed by atoms with Crippen molar-refractivity contribution in [3.05, 3.63) is 68.1 Å². The van der Waals surface area contributed by atoms with E-state index in [0.717, 1.165) is 22.6 Å². The van der Waals surface area contributed by atoms with Gasteiger partial charge >= 0.3 is 0 Å². The molecule has 3 aromatic rings. The summed E-state index contributed by atoms with van der Waals surface area (Å²) in [6.45, 7) is 7.72. The third-order valence-corrected chi connectivity index (χ3v) is 5.67. The Hall–Kier alpha value is -3.00. The topological polar surface area (TPSA) is 86.1 Å². The zero-order valence-electron chi connectivity index (χ0n) is 16.4. The Morgan fingerprint density at radius 3 is 2.68 bits per heavy atom. The molecule has 7 nitrogen and oxygen atoms in total. The number of hydrogen-bond donors (Lipinski definition) is 1. The number of aromatic nitrogens is 3. The van der Waals surface area contributed by atoms with E-state index in [1.54, 1.807) is 20.0 Å². The van der Waals surface area contributed by atoms with Crippen molar-refractivity contribution in [1.29, 1.82) is 0 Å². The van der Waals surface area contributed by atoms with E-state index in [0.29, 0.717) is 10.1 Å². The summed E-state index contributed by atoms with van der Waals surface area (Å²) in [6, 6.07) is 9.12. The molecular formula is C20H22N4O3S. The van der Waals surface area contributed by atoms with Crippen LogP contribution in [0.5, 0.6) is 5.75 Å². The molecule has 3 rings (SSSR count). The normalized spacial score (nSPS) is 11.9. The van der Waals surface area contributed by atoms with Crippen LogP contribution in [0, 0.1) is 20.8 Å². The highest BCUT2D eigenvalue weighted by Crippen LogP contribution is 2.29. The molecule has 2 heterocycles. The highest BCUT2D eigenvalue weighted by Gasteiger charge is 2.18. The minimum atomic E-state index is -0.508. The Kier molecular flexibility index (Phi) is 5.60. The third kappa shape index (κ3) is 3.96. The van der Waals surface area contributed by atoms with Crippen LogP contribution in [0.4, 0.5) is 5.13 Å². The van der Waals surface area contributed by atoms with Crippen LogP contribution in [0.3, 0.4) is 0 Å². The predicted molar refractivity (Wildman–Crippen MR) is 109 cm³/mol. The highest BCUT2D eigenvalue weighted by atomic mass is 32.1. The summed E-state index contributed by atoms with van der Waals surface area (Å²) in [7, 11) is 1.63. The van der Waals surface area contributed by atoms with E-state index in [1.807, 2.05) is 39.0 Å². The van der Waals surface area contributed by atoms with E-state index in [1.165, 1.54) is 22.0 Å². The zero-order chi connectivity index (χ0) is 20.4. The van der Waals surface area contributed by atoms with Crippen molar-refractivity contribution in [3.63, 3.8) is 0 Å². The van der Waals surface area contributed by atoms with Gasteiger partial charge < -0.3 is 9.30 Å². The van der Waals surface area contributed by atoms with Gasteiger partial charge in [-0.25, -0.2) is 0 Å². The van der Waals surface area contributed by atoms with Crippen LogP contribution in [0.1, 0.15) is 45.2 Å². The number of anilines is 1. The van der Waals surface area contributed by atoms with Crippen molar-refractivity contribution in [1.82, 2.24) is 14.8 Å². The van der Waals surface area contributed by atoms with Gasteiger partial charge in [0.05, 0.1) is 0 Å². The standard InChI is InChI=1S/C20H22N4O3S/c1-11-7-6-8-16(13(11)3)27-14(4)18-22-23-20(28-18)21-17(25)15-10-9-12(2)24(5)19(15)26/h6-10,14H,1-5H3,(H,21,23,25)/t14-/m0/s1. The number of benzene rings is 1. The monoisotopic (exact) mass is 398 g/mol. The summed E-state index contributed by atoms with van der Waals surface area (Å²) in [4.78, 5) is 24.7. The maximum atomic E-state index is 12.4. The van der Waals surface area contributed by atoms with Gasteiger partial charge in [-0.15, -0.1) is 10.2 Å². The first kappa shape index (κ1) is 19.8. The number of carbonyl (C=O) groups is 1. The molecule has 0 bridgehead atoms. The lowest BCUT2D eigenvalue weighted by atomic mass is 10.1. The summed E-state index contributed by atoms with van der Waals surface area (Å²) in [6.07, 6.45) is -0.323. The minimum Gasteiger partial charge on any atom is -0.483 e. The number of hydrogen-bond acceptors (Lipinski definition) is 6. The average molecular weight is 398 g/mol. The van der Waals surface area contributed by atoms with Crippen molar-refractivity contribution in [3.8, 4) is 5.75 Å². The van der Waals surface area contributed by atoms with Gasteiger partial charge in [-0.2, -0.15) is 0 Å². The molecule has 2 aromatic heterocycles. The molecule has 0 saturated carbocycles. The molecule has 0 radical (unpaired) electrons. The van der Waals surface area contributed by atoms with Crippen LogP contribution in [-0.2, 0) is 7.05 Å². The fraction of sp³-hybridized carbons (Fsp3) is 0.300. The van der Waals surface area contributed by atoms with Crippen LogP contribution in [0.15, 0.2) is 35.1 Å². The van der Waals surface area contributed by atoms with Gasteiger partial charge in [0.15, 0.2) is 5.01 Å². The summed E-state index contributed by atoms with van der Waals surface area (Å²) >= 11 is 1.22. The van der Waals surface area contributed by atoms with Crippen molar-refractivity contribution in [2.24, 2.45) is 7.05 Å². The van der Waals surface area contributed by atoms with Crippen LogP contribution in [0.2, 0.25) is 0 Å². The Morgan fingerprint density at radius 2 is 1.93 bits per heavy atom. The number of aryl methyl sites for hydroxylation is 2. The van der Waals surface area contributed by atoms with Crippen LogP contribution in [-0.4, -0.2) is 20.7 Å². The second kappa shape index (κ2) is 7.93. The first-order chi connectivity index (χ1) is 13.3. The number of ether oxygens (including phenoxy) is 1. The SMILES string of the molecule is Cc1cccc(O[C@@H](C)c2nnc(NC(=O)c3ccc(C)n(C)c3=O)s2)c1C. The first-order valence-electron chi connectivity index (χ1n) is 8.82. The smallest absolute Gasteiger partial charge is 0.263 e. The van der Waals surface area contributed by atoms with Crippen molar-refractivity contribution < 1.29 is 9.53 Å². The summed E-state index contributed by atoms with van der Waals surface area (Å²) in [5.74, 6) is 0.280. The second-order valence-electron chi connectivity index (χ2n) is 6.61. The number of nitrogens with one attached hydrogen (secondary N) is 1. The highest BCUT2D eigenvalue weighted by molar-refractivity contribution is 7.15. The van der Waals surface area contributed by atoms with Gasteiger partial charge in [-0.1, -0.05) is 23.5 Å². The second-order valence-corrected chi connectivity index (χ2v) is 7.62. The van der Waals surface area contributed by atoms with E-state index >= 15 is 0 Å². The van der Waals surface area contributed by atoms with Crippen LogP contribution in [0.25, 0.3) is 0 Å². The molecule has 0 saturated heterocycles. The largest absolute Gasteiger partial charge is 0.483 e. The van der Waals surface area contributed by atoms with Gasteiger partial charge in [0.2, 0.25) is 5.13 Å². The minimum absolute atomic E-state index is 0.0598. The van der Waals surface area contributed by atoms with E-state index in [-0.39, 0.29) is 17.2 Å². The van der Waals surface area contributed by atoms with Crippen molar-refractivity contribution >= 4 is 22.4 Å². The molecule has 0 fully saturated rings. The van der Waals surface area contributed by atoms with Gasteiger partial charge in [0.1, 0.15) is 17.4 Å². The third-order valence-electron chi connectivity index (χ3n) is 4.67. The number of carbonyl (C=O) groups excluding carboxylic acids is 1. The summed E-state index contributed by atoms with van der Waals surface area (Å²) in [5, 5.41) is 11.7. The Balaban J connectivity index is 1.73. The Labute approximate surface area is 167 Å². The van der Waals surface area contributed by atoms with Crippen LogP contribution < -0.4 is 15.6 Å². The maximum Gasteiger partial charge on any atom is 0.263 e. The number of amides is 1. The molecule has 28 heavy (non-hydrogen) atoms. The van der Waals surface area contributed by atoms with E-state index in [2.05, 4.69) is 15.5 Å². The Morgan fingerprint density at radius 1 is 1.18 bits per heavy atom. The molecule has 1 aromatic carbocycles. The lowest BCUT2D eigenvalue weighted by molar-refractivity contribution is 0.102. The van der Waals surface area contributed by atoms with Crippen LogP contribution >= 0.6 is 11.3 Å². The lowest BCUT2D eigenvalue weighted by Gasteiger charge is -2.14. The molecule has 0 spiro atoms. The fourth-order valence-electron chi connectivity index (χ4n) is 2.61. The van der Waals surface area contributed by atoms with E-state index in [4.69, 9.17) is 4.74 Å². The number of rotatable bonds is 5. The molecule has 1 amide bonds. The summed E-state index contributed by atoms with van der Waals surface area (Å²) in [5.41, 5.74) is 2.70. The fourth-order valence-corrected chi connectivity index (χ4v) is 3.33. The number of pyridine rings is 1.